The van der Waals surface area contributed by atoms with Gasteiger partial charge in [0.1, 0.15) is 16.5 Å². The minimum atomic E-state index is 0.313. The summed E-state index contributed by atoms with van der Waals surface area (Å²) in [6, 6.07) is 4.24. The zero-order valence-electron chi connectivity index (χ0n) is 10.4. The summed E-state index contributed by atoms with van der Waals surface area (Å²) in [5.74, 6) is 2.06. The fraction of sp³-hybridized carbons (Fsp3) is 0.538. The molecular weight excluding hydrogens is 238 g/mol. The summed E-state index contributed by atoms with van der Waals surface area (Å²) in [6.45, 7) is 0. The second-order valence-corrected chi connectivity index (χ2v) is 4.69. The van der Waals surface area contributed by atoms with Gasteiger partial charge in [-0.05, 0) is 37.9 Å². The van der Waals surface area contributed by atoms with Gasteiger partial charge in [0.15, 0.2) is 0 Å². The van der Waals surface area contributed by atoms with Crippen molar-refractivity contribution in [1.29, 1.82) is 0 Å². The predicted octanol–water partition coefficient (Wildman–Crippen LogP) is 3.03. The molecule has 0 aromatic heterocycles. The summed E-state index contributed by atoms with van der Waals surface area (Å²) in [7, 11) is 5.22. The van der Waals surface area contributed by atoms with Gasteiger partial charge in [-0.3, -0.25) is 0 Å². The van der Waals surface area contributed by atoms with Crippen molar-refractivity contribution in [1.82, 2.24) is 5.32 Å². The van der Waals surface area contributed by atoms with Crippen LogP contribution in [-0.2, 0) is 0 Å². The predicted molar refractivity (Wildman–Crippen MR) is 69.1 cm³/mol. The van der Waals surface area contributed by atoms with E-state index < -0.39 is 0 Å². The van der Waals surface area contributed by atoms with Gasteiger partial charge in [-0.2, -0.15) is 0 Å². The molecule has 94 valence electrons. The molecule has 0 amide bonds. The van der Waals surface area contributed by atoms with Crippen molar-refractivity contribution >= 4 is 11.6 Å². The van der Waals surface area contributed by atoms with Gasteiger partial charge >= 0.3 is 0 Å². The van der Waals surface area contributed by atoms with Gasteiger partial charge in [-0.15, -0.1) is 0 Å². The molecule has 0 spiro atoms. The molecule has 0 heterocycles. The van der Waals surface area contributed by atoms with E-state index in [4.69, 9.17) is 21.1 Å². The molecule has 17 heavy (non-hydrogen) atoms. The topological polar surface area (TPSA) is 30.5 Å². The van der Waals surface area contributed by atoms with Gasteiger partial charge in [0, 0.05) is 11.6 Å². The number of methoxy groups -OCH3 is 2. The molecule has 0 bridgehead atoms. The van der Waals surface area contributed by atoms with E-state index in [2.05, 4.69) is 5.32 Å². The molecule has 1 saturated carbocycles. The highest BCUT2D eigenvalue weighted by Crippen LogP contribution is 2.47. The third kappa shape index (κ3) is 2.35. The lowest BCUT2D eigenvalue weighted by Crippen LogP contribution is -2.19. The van der Waals surface area contributed by atoms with E-state index in [0.717, 1.165) is 11.3 Å². The highest BCUT2D eigenvalue weighted by Gasteiger charge is 2.33. The van der Waals surface area contributed by atoms with Crippen LogP contribution in [0.5, 0.6) is 11.5 Å². The molecule has 3 nitrogen and oxygen atoms in total. The number of nitrogens with one attached hydrogen (secondary N) is 1. The van der Waals surface area contributed by atoms with Crippen molar-refractivity contribution in [2.75, 3.05) is 21.3 Å². The van der Waals surface area contributed by atoms with E-state index >= 15 is 0 Å². The average molecular weight is 256 g/mol. The number of benzene rings is 1. The molecule has 1 atom stereocenters. The highest BCUT2D eigenvalue weighted by molar-refractivity contribution is 6.33. The minimum absolute atomic E-state index is 0.313. The molecule has 1 aromatic rings. The first-order valence-electron chi connectivity index (χ1n) is 5.80. The Bertz CT molecular complexity index is 405. The van der Waals surface area contributed by atoms with Crippen molar-refractivity contribution in [2.24, 2.45) is 5.92 Å². The van der Waals surface area contributed by atoms with Crippen LogP contribution in [0.15, 0.2) is 12.1 Å². The fourth-order valence-electron chi connectivity index (χ4n) is 2.24. The van der Waals surface area contributed by atoms with Gasteiger partial charge in [0.25, 0.3) is 0 Å². The second kappa shape index (κ2) is 5.15. The van der Waals surface area contributed by atoms with Crippen molar-refractivity contribution in [2.45, 2.75) is 18.9 Å². The summed E-state index contributed by atoms with van der Waals surface area (Å²) in [6.07, 6.45) is 2.52. The van der Waals surface area contributed by atoms with Gasteiger partial charge in [-0.1, -0.05) is 11.6 Å². The van der Waals surface area contributed by atoms with Gasteiger partial charge < -0.3 is 14.8 Å². The van der Waals surface area contributed by atoms with Crippen molar-refractivity contribution < 1.29 is 9.47 Å². The van der Waals surface area contributed by atoms with Crippen LogP contribution in [0.2, 0.25) is 5.02 Å². The molecule has 1 N–H and O–H groups in total. The van der Waals surface area contributed by atoms with Crippen molar-refractivity contribution in [3.05, 3.63) is 22.7 Å². The average Bonchev–Trinajstić information content (AvgIpc) is 3.15. The molecule has 2 rings (SSSR count). The Balaban J connectivity index is 2.42. The zero-order valence-corrected chi connectivity index (χ0v) is 11.2. The van der Waals surface area contributed by atoms with E-state index in [-0.39, 0.29) is 0 Å². The molecular formula is C13H18ClNO2. The number of halogens is 1. The Labute approximate surface area is 107 Å². The Morgan fingerprint density at radius 2 is 2.00 bits per heavy atom. The molecule has 4 heteroatoms. The molecule has 1 aliphatic carbocycles. The van der Waals surface area contributed by atoms with Crippen LogP contribution in [0.4, 0.5) is 0 Å². The summed E-state index contributed by atoms with van der Waals surface area (Å²) in [5, 5.41) is 3.89. The van der Waals surface area contributed by atoms with E-state index in [1.165, 1.54) is 12.8 Å². The first kappa shape index (κ1) is 12.5. The smallest absolute Gasteiger partial charge is 0.146 e. The monoisotopic (exact) mass is 255 g/mol. The third-order valence-corrected chi connectivity index (χ3v) is 3.61. The Morgan fingerprint density at radius 3 is 2.47 bits per heavy atom. The number of hydrogen-bond acceptors (Lipinski definition) is 3. The first-order valence-corrected chi connectivity index (χ1v) is 6.18. The van der Waals surface area contributed by atoms with Crippen LogP contribution in [0.1, 0.15) is 24.4 Å². The minimum Gasteiger partial charge on any atom is -0.495 e. The van der Waals surface area contributed by atoms with Gasteiger partial charge in [0.2, 0.25) is 0 Å². The summed E-state index contributed by atoms with van der Waals surface area (Å²) in [4.78, 5) is 0. The Morgan fingerprint density at radius 1 is 1.29 bits per heavy atom. The quantitative estimate of drug-likeness (QED) is 0.877. The molecule has 1 unspecified atom stereocenters. The normalized spacial score (nSPS) is 16.7. The Hall–Kier alpha value is -0.930. The standard InChI is InChI=1S/C13H18ClNO2/c1-15-12(8-4-5-8)9-6-7-10(16-2)11(14)13(9)17-3/h6-8,12,15H,4-5H2,1-3H3. The Kier molecular flexibility index (Phi) is 3.79. The molecule has 1 fully saturated rings. The van der Waals surface area contributed by atoms with Gasteiger partial charge in [-0.25, -0.2) is 0 Å². The SMILES string of the molecule is CNC(c1ccc(OC)c(Cl)c1OC)C1CC1. The van der Waals surface area contributed by atoms with Gasteiger partial charge in [0.05, 0.1) is 14.2 Å². The largest absolute Gasteiger partial charge is 0.495 e. The second-order valence-electron chi connectivity index (χ2n) is 4.31. The van der Waals surface area contributed by atoms with E-state index in [1.54, 1.807) is 14.2 Å². The third-order valence-electron chi connectivity index (χ3n) is 3.26. The summed E-state index contributed by atoms with van der Waals surface area (Å²) in [5.41, 5.74) is 1.11. The number of rotatable bonds is 5. The van der Waals surface area contributed by atoms with E-state index in [0.29, 0.717) is 22.7 Å². The lowest BCUT2D eigenvalue weighted by molar-refractivity contribution is 0.382. The van der Waals surface area contributed by atoms with Crippen LogP contribution >= 0.6 is 11.6 Å². The molecule has 0 radical (unpaired) electrons. The van der Waals surface area contributed by atoms with E-state index in [1.807, 2.05) is 19.2 Å². The molecule has 0 aliphatic heterocycles. The number of ether oxygens (including phenoxy) is 2. The van der Waals surface area contributed by atoms with Crippen molar-refractivity contribution in [3.63, 3.8) is 0 Å². The molecule has 0 saturated heterocycles. The fourth-order valence-corrected chi connectivity index (χ4v) is 2.56. The first-order chi connectivity index (χ1) is 8.22. The van der Waals surface area contributed by atoms with Crippen molar-refractivity contribution in [3.8, 4) is 11.5 Å². The summed E-state index contributed by atoms with van der Waals surface area (Å²) < 4.78 is 10.6. The lowest BCUT2D eigenvalue weighted by Gasteiger charge is -2.20. The highest BCUT2D eigenvalue weighted by atomic mass is 35.5. The van der Waals surface area contributed by atoms with Crippen LogP contribution < -0.4 is 14.8 Å². The lowest BCUT2D eigenvalue weighted by atomic mass is 10.0. The van der Waals surface area contributed by atoms with E-state index in [9.17, 15) is 0 Å². The zero-order chi connectivity index (χ0) is 12.4. The maximum Gasteiger partial charge on any atom is 0.146 e. The van der Waals surface area contributed by atoms with Crippen LogP contribution in [0.25, 0.3) is 0 Å². The van der Waals surface area contributed by atoms with Crippen LogP contribution in [0.3, 0.4) is 0 Å². The maximum atomic E-state index is 6.26. The van der Waals surface area contributed by atoms with Crippen LogP contribution in [-0.4, -0.2) is 21.3 Å². The van der Waals surface area contributed by atoms with Crippen LogP contribution in [0, 0.1) is 5.92 Å². The molecule has 1 aliphatic rings. The number of hydrogen-bond donors (Lipinski definition) is 1. The summed E-state index contributed by atoms with van der Waals surface area (Å²) >= 11 is 6.26. The molecule has 1 aromatic carbocycles. The maximum absolute atomic E-state index is 6.26.